The lowest BCUT2D eigenvalue weighted by Crippen LogP contribution is -1.76. The average Bonchev–Trinajstić information content (AvgIpc) is 2.38. The van der Waals surface area contributed by atoms with Crippen LogP contribution in [-0.4, -0.2) is 11.5 Å². The lowest BCUT2D eigenvalue weighted by atomic mass is 10.5. The van der Waals surface area contributed by atoms with Crippen molar-refractivity contribution in [3.63, 3.8) is 0 Å². The third-order valence-electron chi connectivity index (χ3n) is 1.46. The zero-order chi connectivity index (χ0) is 8.10. The molecule has 0 nitrogen and oxygen atoms in total. The van der Waals surface area contributed by atoms with Crippen molar-refractivity contribution in [3.8, 4) is 0 Å². The number of hydrogen-bond acceptors (Lipinski definition) is 2. The van der Waals surface area contributed by atoms with E-state index in [-0.39, 0.29) is 0 Å². The maximum absolute atomic E-state index is 2.26. The van der Waals surface area contributed by atoms with Crippen LogP contribution in [0.2, 0.25) is 0 Å². The molecule has 62 valence electrons. The van der Waals surface area contributed by atoms with Crippen LogP contribution in [0.3, 0.4) is 0 Å². The van der Waals surface area contributed by atoms with Gasteiger partial charge < -0.3 is 0 Å². The van der Waals surface area contributed by atoms with Crippen molar-refractivity contribution in [2.45, 2.75) is 20.3 Å². The van der Waals surface area contributed by atoms with Crippen molar-refractivity contribution in [1.82, 2.24) is 0 Å². The number of rotatable bonds is 4. The largest absolute Gasteiger partial charge is 0.131 e. The summed E-state index contributed by atoms with van der Waals surface area (Å²) < 4.78 is 0. The number of allylic oxidation sites excluding steroid dienone is 4. The van der Waals surface area contributed by atoms with E-state index in [9.17, 15) is 0 Å². The fourth-order valence-electron chi connectivity index (χ4n) is 1.04. The molecule has 0 aromatic carbocycles. The molecule has 0 N–H and O–H groups in total. The molecule has 0 aromatic heterocycles. The number of thioether (sulfide) groups is 2. The first-order valence-corrected chi connectivity index (χ1v) is 5.99. The fraction of sp³-hybridized carbons (Fsp3) is 0.556. The molecule has 0 atom stereocenters. The van der Waals surface area contributed by atoms with Gasteiger partial charge >= 0.3 is 0 Å². The molecule has 0 fully saturated rings. The van der Waals surface area contributed by atoms with Crippen molar-refractivity contribution in [2.75, 3.05) is 11.5 Å². The molecule has 2 heteroatoms. The van der Waals surface area contributed by atoms with Crippen LogP contribution in [0.1, 0.15) is 20.3 Å². The Morgan fingerprint density at radius 1 is 1.09 bits per heavy atom. The van der Waals surface area contributed by atoms with E-state index >= 15 is 0 Å². The van der Waals surface area contributed by atoms with E-state index in [0.29, 0.717) is 0 Å². The van der Waals surface area contributed by atoms with E-state index in [1.807, 2.05) is 23.5 Å². The summed E-state index contributed by atoms with van der Waals surface area (Å²) in [5.41, 5.74) is 0. The first-order chi connectivity index (χ1) is 5.36. The van der Waals surface area contributed by atoms with Crippen LogP contribution in [0, 0.1) is 0 Å². The first kappa shape index (κ1) is 9.27. The molecule has 0 saturated heterocycles. The Bertz CT molecular complexity index is 160. The zero-order valence-electron chi connectivity index (χ0n) is 7.09. The lowest BCUT2D eigenvalue weighted by molar-refractivity contribution is 1.36. The second kappa shape index (κ2) is 4.94. The minimum atomic E-state index is 1.19. The van der Waals surface area contributed by atoms with E-state index in [2.05, 4.69) is 26.0 Å². The Morgan fingerprint density at radius 3 is 1.91 bits per heavy atom. The van der Waals surface area contributed by atoms with Crippen LogP contribution in [0.5, 0.6) is 0 Å². The molecule has 1 rings (SSSR count). The molecule has 1 aliphatic rings. The molecule has 0 amide bonds. The van der Waals surface area contributed by atoms with E-state index in [1.165, 1.54) is 27.7 Å². The lowest BCUT2D eigenvalue weighted by Gasteiger charge is -2.00. The van der Waals surface area contributed by atoms with Gasteiger partial charge in [0.2, 0.25) is 0 Å². The molecular weight excluding hydrogens is 172 g/mol. The van der Waals surface area contributed by atoms with Crippen molar-refractivity contribution >= 4 is 23.5 Å². The predicted molar refractivity (Wildman–Crippen MR) is 57.0 cm³/mol. The molecule has 0 bridgehead atoms. The summed E-state index contributed by atoms with van der Waals surface area (Å²) in [5.74, 6) is 2.40. The Morgan fingerprint density at radius 2 is 1.55 bits per heavy atom. The molecule has 0 aliphatic heterocycles. The predicted octanol–water partition coefficient (Wildman–Crippen LogP) is 3.66. The van der Waals surface area contributed by atoms with Crippen molar-refractivity contribution < 1.29 is 0 Å². The van der Waals surface area contributed by atoms with Gasteiger partial charge in [0, 0.05) is 6.42 Å². The maximum Gasteiger partial charge on any atom is 0.00945 e. The van der Waals surface area contributed by atoms with Gasteiger partial charge in [-0.2, -0.15) is 0 Å². The molecule has 1 aliphatic carbocycles. The summed E-state index contributed by atoms with van der Waals surface area (Å²) in [6, 6.07) is 0. The van der Waals surface area contributed by atoms with Crippen molar-refractivity contribution in [3.05, 3.63) is 22.0 Å². The monoisotopic (exact) mass is 186 g/mol. The van der Waals surface area contributed by atoms with Crippen molar-refractivity contribution in [2.24, 2.45) is 0 Å². The normalized spacial score (nSPS) is 16.5. The summed E-state index contributed by atoms with van der Waals surface area (Å²) in [4.78, 5) is 3.06. The van der Waals surface area contributed by atoms with E-state index in [1.54, 1.807) is 0 Å². The van der Waals surface area contributed by atoms with Gasteiger partial charge in [-0.25, -0.2) is 0 Å². The minimum absolute atomic E-state index is 1.19. The first-order valence-electron chi connectivity index (χ1n) is 4.02. The highest BCUT2D eigenvalue weighted by molar-refractivity contribution is 8.04. The summed E-state index contributed by atoms with van der Waals surface area (Å²) in [5, 5.41) is 0. The molecule has 0 heterocycles. The molecule has 0 unspecified atom stereocenters. The van der Waals surface area contributed by atoms with Crippen LogP contribution in [0.4, 0.5) is 0 Å². The van der Waals surface area contributed by atoms with Crippen LogP contribution in [-0.2, 0) is 0 Å². The minimum Gasteiger partial charge on any atom is -0.131 e. The third kappa shape index (κ3) is 2.96. The third-order valence-corrected chi connectivity index (χ3v) is 3.34. The highest BCUT2D eigenvalue weighted by atomic mass is 32.2. The second-order valence-corrected chi connectivity index (χ2v) is 5.09. The fourth-order valence-corrected chi connectivity index (χ4v) is 2.72. The highest BCUT2D eigenvalue weighted by Crippen LogP contribution is 2.34. The van der Waals surface area contributed by atoms with Gasteiger partial charge in [0.1, 0.15) is 0 Å². The zero-order valence-corrected chi connectivity index (χ0v) is 8.73. The van der Waals surface area contributed by atoms with Gasteiger partial charge in [-0.05, 0) is 21.3 Å². The smallest absolute Gasteiger partial charge is 0.00945 e. The maximum atomic E-state index is 2.26. The van der Waals surface area contributed by atoms with Gasteiger partial charge in [0.05, 0.1) is 0 Å². The molecule has 0 radical (unpaired) electrons. The summed E-state index contributed by atoms with van der Waals surface area (Å²) in [6.07, 6.45) is 5.70. The molecular formula is C9H14S2. The van der Waals surface area contributed by atoms with E-state index in [0.717, 1.165) is 0 Å². The van der Waals surface area contributed by atoms with Crippen molar-refractivity contribution in [1.29, 1.82) is 0 Å². The Kier molecular flexibility index (Phi) is 4.16. The average molecular weight is 186 g/mol. The van der Waals surface area contributed by atoms with Crippen LogP contribution in [0.25, 0.3) is 0 Å². The van der Waals surface area contributed by atoms with Gasteiger partial charge in [-0.15, -0.1) is 23.5 Å². The second-order valence-electron chi connectivity index (χ2n) is 2.31. The summed E-state index contributed by atoms with van der Waals surface area (Å²) >= 11 is 3.93. The SMILES string of the molecule is CCSC1=CC=C(SCC)C1. The highest BCUT2D eigenvalue weighted by Gasteiger charge is 2.06. The molecule has 0 spiro atoms. The topological polar surface area (TPSA) is 0 Å². The molecule has 11 heavy (non-hydrogen) atoms. The van der Waals surface area contributed by atoms with E-state index in [4.69, 9.17) is 0 Å². The Balaban J connectivity index is 2.27. The van der Waals surface area contributed by atoms with Gasteiger partial charge in [-0.1, -0.05) is 26.0 Å². The molecule has 0 aromatic rings. The van der Waals surface area contributed by atoms with Crippen LogP contribution in [0.15, 0.2) is 22.0 Å². The van der Waals surface area contributed by atoms with Gasteiger partial charge in [0.15, 0.2) is 0 Å². The molecule has 0 saturated carbocycles. The standard InChI is InChI=1S/C9H14S2/c1-3-10-8-5-6-9(7-8)11-4-2/h5-6H,3-4,7H2,1-2H3. The van der Waals surface area contributed by atoms with Gasteiger partial charge in [0.25, 0.3) is 0 Å². The van der Waals surface area contributed by atoms with Crippen LogP contribution < -0.4 is 0 Å². The summed E-state index contributed by atoms with van der Waals surface area (Å²) in [6.45, 7) is 4.41. The van der Waals surface area contributed by atoms with E-state index < -0.39 is 0 Å². The van der Waals surface area contributed by atoms with Crippen LogP contribution >= 0.6 is 23.5 Å². The van der Waals surface area contributed by atoms with Gasteiger partial charge in [-0.3, -0.25) is 0 Å². The Hall–Kier alpha value is 0.180. The number of hydrogen-bond donors (Lipinski definition) is 0. The quantitative estimate of drug-likeness (QED) is 0.657. The summed E-state index contributed by atoms with van der Waals surface area (Å²) in [7, 11) is 0. The Labute approximate surface area is 77.5 Å².